The van der Waals surface area contributed by atoms with Crippen LogP contribution in [0.3, 0.4) is 0 Å². The zero-order valence-electron chi connectivity index (χ0n) is 17.6. The molecule has 3 heterocycles. The van der Waals surface area contributed by atoms with E-state index in [1.54, 1.807) is 18.1 Å². The summed E-state index contributed by atoms with van der Waals surface area (Å²) in [6.45, 7) is 9.32. The molecule has 2 aromatic rings. The van der Waals surface area contributed by atoms with E-state index in [0.29, 0.717) is 25.6 Å². The van der Waals surface area contributed by atoms with E-state index < -0.39 is 5.60 Å². The standard InChI is InChI=1S/C20H29N7O2/c1-14-22-8-9-27(14)17-7-6-15(10-23-17)11-24-18(21-5)25-16-12-26(13-16)19(28)29-20(2,3)4/h6-10,16H,11-13H2,1-5H3,(H2,21,24,25). The Kier molecular flexibility index (Phi) is 6.05. The quantitative estimate of drug-likeness (QED) is 0.602. The molecule has 0 bridgehead atoms. The molecule has 3 rings (SSSR count). The van der Waals surface area contributed by atoms with Crippen LogP contribution in [-0.2, 0) is 11.3 Å². The number of aliphatic imine (C=N–C) groups is 1. The zero-order valence-corrected chi connectivity index (χ0v) is 17.6. The van der Waals surface area contributed by atoms with Crippen LogP contribution in [0.1, 0.15) is 32.2 Å². The highest BCUT2D eigenvalue weighted by Gasteiger charge is 2.34. The number of hydrogen-bond acceptors (Lipinski definition) is 5. The summed E-state index contributed by atoms with van der Waals surface area (Å²) in [4.78, 5) is 26.6. The summed E-state index contributed by atoms with van der Waals surface area (Å²) in [6, 6.07) is 4.14. The van der Waals surface area contributed by atoms with Gasteiger partial charge in [0.2, 0.25) is 0 Å². The maximum Gasteiger partial charge on any atom is 0.410 e. The zero-order chi connectivity index (χ0) is 21.0. The summed E-state index contributed by atoms with van der Waals surface area (Å²) in [5, 5.41) is 6.60. The van der Waals surface area contributed by atoms with Gasteiger partial charge >= 0.3 is 6.09 Å². The first-order valence-electron chi connectivity index (χ1n) is 9.65. The van der Waals surface area contributed by atoms with Gasteiger partial charge in [-0.05, 0) is 39.3 Å². The molecule has 0 atom stereocenters. The summed E-state index contributed by atoms with van der Waals surface area (Å²) < 4.78 is 7.31. The highest BCUT2D eigenvalue weighted by atomic mass is 16.6. The Balaban J connectivity index is 1.45. The molecule has 29 heavy (non-hydrogen) atoms. The number of pyridine rings is 1. The lowest BCUT2D eigenvalue weighted by molar-refractivity contribution is 0.00701. The number of guanidine groups is 1. The maximum atomic E-state index is 12.0. The van der Waals surface area contributed by atoms with Crippen LogP contribution in [-0.4, -0.2) is 63.3 Å². The van der Waals surface area contributed by atoms with Crippen molar-refractivity contribution in [1.82, 2.24) is 30.1 Å². The Labute approximate surface area is 171 Å². The topological polar surface area (TPSA) is 96.7 Å². The second kappa shape index (κ2) is 8.50. The molecule has 0 radical (unpaired) electrons. The van der Waals surface area contributed by atoms with Crippen LogP contribution in [0.4, 0.5) is 4.79 Å². The van der Waals surface area contributed by atoms with Crippen molar-refractivity contribution in [2.24, 2.45) is 4.99 Å². The molecule has 0 aliphatic carbocycles. The summed E-state index contributed by atoms with van der Waals surface area (Å²) in [5.41, 5.74) is 0.561. The molecular weight excluding hydrogens is 370 g/mol. The molecular formula is C20H29N7O2. The first kappa shape index (κ1) is 20.6. The summed E-state index contributed by atoms with van der Waals surface area (Å²) in [6.07, 6.45) is 5.20. The van der Waals surface area contributed by atoms with Gasteiger partial charge in [0.05, 0.1) is 6.04 Å². The van der Waals surface area contributed by atoms with Crippen LogP contribution in [0, 0.1) is 6.92 Å². The maximum absolute atomic E-state index is 12.0. The smallest absolute Gasteiger partial charge is 0.410 e. The number of likely N-dealkylation sites (tertiary alicyclic amines) is 1. The van der Waals surface area contributed by atoms with Gasteiger partial charge in [-0.2, -0.15) is 0 Å². The second-order valence-corrected chi connectivity index (χ2v) is 8.02. The number of rotatable bonds is 4. The molecule has 1 amide bonds. The lowest BCUT2D eigenvalue weighted by Gasteiger charge is -2.40. The number of nitrogens with one attached hydrogen (secondary N) is 2. The SMILES string of the molecule is CN=C(NCc1ccc(-n2ccnc2C)nc1)NC1CN(C(=O)OC(C)(C)C)C1. The third kappa shape index (κ3) is 5.46. The van der Waals surface area contributed by atoms with Gasteiger partial charge in [0, 0.05) is 45.3 Å². The lowest BCUT2D eigenvalue weighted by Crippen LogP contribution is -2.63. The molecule has 0 aromatic carbocycles. The fourth-order valence-corrected chi connectivity index (χ4v) is 2.90. The van der Waals surface area contributed by atoms with Crippen LogP contribution in [0.2, 0.25) is 0 Å². The van der Waals surface area contributed by atoms with E-state index >= 15 is 0 Å². The minimum atomic E-state index is -0.479. The number of aryl methyl sites for hydroxylation is 1. The fraction of sp³-hybridized carbons (Fsp3) is 0.500. The van der Waals surface area contributed by atoms with Crippen molar-refractivity contribution >= 4 is 12.1 Å². The number of carbonyl (C=O) groups excluding carboxylic acids is 1. The first-order chi connectivity index (χ1) is 13.7. The molecule has 1 aliphatic heterocycles. The van der Waals surface area contributed by atoms with Crippen molar-refractivity contribution in [2.45, 2.75) is 45.9 Å². The first-order valence-corrected chi connectivity index (χ1v) is 9.65. The molecule has 2 aromatic heterocycles. The molecule has 9 nitrogen and oxygen atoms in total. The normalized spacial score (nSPS) is 15.1. The van der Waals surface area contributed by atoms with Gasteiger partial charge < -0.3 is 20.3 Å². The van der Waals surface area contributed by atoms with E-state index in [4.69, 9.17) is 4.74 Å². The molecule has 0 spiro atoms. The molecule has 0 unspecified atom stereocenters. The van der Waals surface area contributed by atoms with Crippen molar-refractivity contribution in [3.63, 3.8) is 0 Å². The van der Waals surface area contributed by atoms with Gasteiger partial charge in [0.15, 0.2) is 5.96 Å². The van der Waals surface area contributed by atoms with E-state index in [-0.39, 0.29) is 12.1 Å². The van der Waals surface area contributed by atoms with Gasteiger partial charge in [0.25, 0.3) is 0 Å². The Morgan fingerprint density at radius 2 is 2.07 bits per heavy atom. The Bertz CT molecular complexity index is 862. The number of imidazole rings is 1. The van der Waals surface area contributed by atoms with Gasteiger partial charge in [-0.3, -0.25) is 9.56 Å². The largest absolute Gasteiger partial charge is 0.444 e. The van der Waals surface area contributed by atoms with Crippen molar-refractivity contribution in [3.8, 4) is 5.82 Å². The number of aromatic nitrogens is 3. The monoisotopic (exact) mass is 399 g/mol. The number of hydrogen-bond donors (Lipinski definition) is 2. The Morgan fingerprint density at radius 1 is 1.31 bits per heavy atom. The van der Waals surface area contributed by atoms with Crippen molar-refractivity contribution in [1.29, 1.82) is 0 Å². The fourth-order valence-electron chi connectivity index (χ4n) is 2.90. The van der Waals surface area contributed by atoms with Crippen molar-refractivity contribution < 1.29 is 9.53 Å². The van der Waals surface area contributed by atoms with E-state index in [1.165, 1.54) is 0 Å². The third-order valence-corrected chi connectivity index (χ3v) is 4.44. The van der Waals surface area contributed by atoms with Crippen LogP contribution in [0.15, 0.2) is 35.7 Å². The van der Waals surface area contributed by atoms with Gasteiger partial charge in [-0.15, -0.1) is 0 Å². The van der Waals surface area contributed by atoms with Gasteiger partial charge in [0.1, 0.15) is 17.2 Å². The number of carbonyl (C=O) groups is 1. The molecule has 9 heteroatoms. The van der Waals surface area contributed by atoms with Crippen LogP contribution in [0.5, 0.6) is 0 Å². The minimum Gasteiger partial charge on any atom is -0.444 e. The average molecular weight is 399 g/mol. The number of amides is 1. The molecule has 2 N–H and O–H groups in total. The highest BCUT2D eigenvalue weighted by Crippen LogP contribution is 2.15. The summed E-state index contributed by atoms with van der Waals surface area (Å²) >= 11 is 0. The molecule has 1 fully saturated rings. The van der Waals surface area contributed by atoms with Gasteiger partial charge in [-0.1, -0.05) is 6.07 Å². The van der Waals surface area contributed by atoms with Crippen LogP contribution in [0.25, 0.3) is 5.82 Å². The predicted molar refractivity (Wildman–Crippen MR) is 111 cm³/mol. The second-order valence-electron chi connectivity index (χ2n) is 8.02. The predicted octanol–water partition coefficient (Wildman–Crippen LogP) is 1.86. The lowest BCUT2D eigenvalue weighted by atomic mass is 10.1. The third-order valence-electron chi connectivity index (χ3n) is 4.44. The van der Waals surface area contributed by atoms with Gasteiger partial charge in [-0.25, -0.2) is 14.8 Å². The summed E-state index contributed by atoms with van der Waals surface area (Å²) in [5.74, 6) is 2.42. The minimum absolute atomic E-state index is 0.151. The van der Waals surface area contributed by atoms with E-state index in [9.17, 15) is 4.79 Å². The number of ether oxygens (including phenoxy) is 1. The highest BCUT2D eigenvalue weighted by molar-refractivity contribution is 5.80. The van der Waals surface area contributed by atoms with E-state index in [2.05, 4.69) is 25.6 Å². The Morgan fingerprint density at radius 3 is 2.62 bits per heavy atom. The van der Waals surface area contributed by atoms with E-state index in [1.807, 2.05) is 56.8 Å². The molecule has 156 valence electrons. The molecule has 1 saturated heterocycles. The van der Waals surface area contributed by atoms with Crippen molar-refractivity contribution in [2.75, 3.05) is 20.1 Å². The average Bonchev–Trinajstić information content (AvgIpc) is 3.05. The van der Waals surface area contributed by atoms with E-state index in [0.717, 1.165) is 17.2 Å². The summed E-state index contributed by atoms with van der Waals surface area (Å²) in [7, 11) is 1.73. The Hall–Kier alpha value is -3.10. The van der Waals surface area contributed by atoms with Crippen LogP contribution < -0.4 is 10.6 Å². The number of nitrogens with zero attached hydrogens (tertiary/aromatic N) is 5. The molecule has 1 aliphatic rings. The molecule has 0 saturated carbocycles. The van der Waals surface area contributed by atoms with Crippen LogP contribution >= 0.6 is 0 Å². The van der Waals surface area contributed by atoms with Crippen molar-refractivity contribution in [3.05, 3.63) is 42.1 Å².